The molecule has 4 nitrogen and oxygen atoms in total. The normalized spacial score (nSPS) is 20.6. The van der Waals surface area contributed by atoms with E-state index in [1.165, 1.54) is 0 Å². The van der Waals surface area contributed by atoms with Crippen LogP contribution in [0.25, 0.3) is 5.52 Å². The summed E-state index contributed by atoms with van der Waals surface area (Å²) in [4.78, 5) is 15.3. The number of pyridine rings is 1. The summed E-state index contributed by atoms with van der Waals surface area (Å²) in [6, 6.07) is 3.73. The fourth-order valence-corrected chi connectivity index (χ4v) is 2.34. The average molecular weight is 230 g/mol. The highest BCUT2D eigenvalue weighted by Gasteiger charge is 2.20. The summed E-state index contributed by atoms with van der Waals surface area (Å²) in [5.41, 5.74) is 1.70. The van der Waals surface area contributed by atoms with Crippen LogP contribution < -0.4 is 0 Å². The molecule has 1 aliphatic rings. The van der Waals surface area contributed by atoms with Crippen molar-refractivity contribution in [2.75, 3.05) is 13.2 Å². The van der Waals surface area contributed by atoms with Gasteiger partial charge in [-0.3, -0.25) is 4.79 Å². The molecule has 0 aromatic carbocycles. The van der Waals surface area contributed by atoms with E-state index < -0.39 is 0 Å². The van der Waals surface area contributed by atoms with Crippen molar-refractivity contribution in [1.29, 1.82) is 0 Å². The number of imidazole rings is 1. The zero-order chi connectivity index (χ0) is 11.7. The molecule has 88 valence electrons. The summed E-state index contributed by atoms with van der Waals surface area (Å²) in [7, 11) is 0. The molecule has 2 aromatic rings. The zero-order valence-electron chi connectivity index (χ0n) is 9.50. The second kappa shape index (κ2) is 4.30. The van der Waals surface area contributed by atoms with Crippen LogP contribution in [-0.4, -0.2) is 28.9 Å². The molecule has 3 rings (SSSR count). The Balaban J connectivity index is 2.05. The number of carbonyl (C=O) groups excluding carboxylic acids is 1. The first-order chi connectivity index (χ1) is 8.38. The Labute approximate surface area is 99.2 Å². The predicted octanol–water partition coefficient (Wildman–Crippen LogP) is 2.04. The van der Waals surface area contributed by atoms with Gasteiger partial charge in [-0.2, -0.15) is 0 Å². The maximum atomic E-state index is 10.8. The first-order valence-corrected chi connectivity index (χ1v) is 5.88. The van der Waals surface area contributed by atoms with Gasteiger partial charge in [-0.1, -0.05) is 0 Å². The summed E-state index contributed by atoms with van der Waals surface area (Å²) in [5.74, 6) is 1.34. The third-order valence-electron chi connectivity index (χ3n) is 3.24. The second-order valence-electron chi connectivity index (χ2n) is 4.41. The van der Waals surface area contributed by atoms with Gasteiger partial charge < -0.3 is 9.14 Å². The Morgan fingerprint density at radius 1 is 1.47 bits per heavy atom. The maximum Gasteiger partial charge on any atom is 0.151 e. The monoisotopic (exact) mass is 230 g/mol. The smallest absolute Gasteiger partial charge is 0.151 e. The van der Waals surface area contributed by atoms with Gasteiger partial charge >= 0.3 is 0 Å². The first-order valence-electron chi connectivity index (χ1n) is 5.88. The molecule has 1 atom stereocenters. The van der Waals surface area contributed by atoms with Crippen LogP contribution in [0.15, 0.2) is 24.5 Å². The summed E-state index contributed by atoms with van der Waals surface area (Å²) < 4.78 is 7.49. The van der Waals surface area contributed by atoms with Crippen LogP contribution in [0.5, 0.6) is 0 Å². The molecule has 1 unspecified atom stereocenters. The third-order valence-corrected chi connectivity index (χ3v) is 3.24. The van der Waals surface area contributed by atoms with Crippen LogP contribution in [0.3, 0.4) is 0 Å². The van der Waals surface area contributed by atoms with Crippen LogP contribution in [0, 0.1) is 0 Å². The van der Waals surface area contributed by atoms with Gasteiger partial charge in [0.25, 0.3) is 0 Å². The summed E-state index contributed by atoms with van der Waals surface area (Å²) in [5, 5.41) is 0. The maximum absolute atomic E-state index is 10.8. The van der Waals surface area contributed by atoms with Gasteiger partial charge in [-0.25, -0.2) is 4.98 Å². The van der Waals surface area contributed by atoms with Gasteiger partial charge in [0.1, 0.15) is 5.82 Å². The number of ether oxygens (including phenoxy) is 1. The van der Waals surface area contributed by atoms with E-state index in [4.69, 9.17) is 4.74 Å². The molecule has 17 heavy (non-hydrogen) atoms. The Kier molecular flexibility index (Phi) is 2.65. The van der Waals surface area contributed by atoms with Crippen molar-refractivity contribution in [2.24, 2.45) is 0 Å². The summed E-state index contributed by atoms with van der Waals surface area (Å²) >= 11 is 0. The molecule has 0 saturated carbocycles. The Morgan fingerprint density at radius 3 is 3.18 bits per heavy atom. The van der Waals surface area contributed by atoms with E-state index in [0.717, 1.165) is 43.7 Å². The molecule has 1 fully saturated rings. The van der Waals surface area contributed by atoms with Crippen molar-refractivity contribution >= 4 is 11.8 Å². The molecule has 3 heterocycles. The van der Waals surface area contributed by atoms with E-state index in [1.807, 2.05) is 28.9 Å². The highest BCUT2D eigenvalue weighted by Crippen LogP contribution is 2.25. The standard InChI is InChI=1S/C13H14N2O2/c16-8-10-3-4-12-6-14-13(15(12)7-10)11-2-1-5-17-9-11/h3-4,6-8,11H,1-2,5,9H2. The number of nitrogens with zero attached hydrogens (tertiary/aromatic N) is 2. The molecule has 0 amide bonds. The van der Waals surface area contributed by atoms with E-state index in [-0.39, 0.29) is 0 Å². The van der Waals surface area contributed by atoms with E-state index in [0.29, 0.717) is 11.5 Å². The van der Waals surface area contributed by atoms with Gasteiger partial charge in [-0.05, 0) is 25.0 Å². The van der Waals surface area contributed by atoms with Crippen LogP contribution in [-0.2, 0) is 4.74 Å². The van der Waals surface area contributed by atoms with Crippen molar-refractivity contribution in [3.8, 4) is 0 Å². The fraction of sp³-hybridized carbons (Fsp3) is 0.385. The number of aldehydes is 1. The van der Waals surface area contributed by atoms with E-state index in [2.05, 4.69) is 4.98 Å². The van der Waals surface area contributed by atoms with Crippen molar-refractivity contribution in [3.63, 3.8) is 0 Å². The quantitative estimate of drug-likeness (QED) is 0.741. The molecule has 0 spiro atoms. The zero-order valence-corrected chi connectivity index (χ0v) is 9.50. The lowest BCUT2D eigenvalue weighted by atomic mass is 10.0. The molecule has 0 radical (unpaired) electrons. The topological polar surface area (TPSA) is 43.6 Å². The average Bonchev–Trinajstić information content (AvgIpc) is 2.82. The van der Waals surface area contributed by atoms with Crippen molar-refractivity contribution < 1.29 is 9.53 Å². The lowest BCUT2D eigenvalue weighted by Gasteiger charge is -2.21. The number of fused-ring (bicyclic) bond motifs is 1. The molecule has 2 aromatic heterocycles. The van der Waals surface area contributed by atoms with Gasteiger partial charge in [0, 0.05) is 24.3 Å². The first kappa shape index (κ1) is 10.5. The van der Waals surface area contributed by atoms with Crippen LogP contribution >= 0.6 is 0 Å². The predicted molar refractivity (Wildman–Crippen MR) is 63.4 cm³/mol. The van der Waals surface area contributed by atoms with E-state index >= 15 is 0 Å². The molecule has 0 aliphatic carbocycles. The minimum Gasteiger partial charge on any atom is -0.381 e. The van der Waals surface area contributed by atoms with Crippen LogP contribution in [0.1, 0.15) is 34.9 Å². The molecule has 1 saturated heterocycles. The Bertz CT molecular complexity index is 541. The van der Waals surface area contributed by atoms with Gasteiger partial charge in [0.2, 0.25) is 0 Å². The minimum atomic E-state index is 0.341. The molecular formula is C13H14N2O2. The number of hydrogen-bond acceptors (Lipinski definition) is 3. The highest BCUT2D eigenvalue weighted by molar-refractivity contribution is 5.75. The largest absolute Gasteiger partial charge is 0.381 e. The molecule has 1 aliphatic heterocycles. The lowest BCUT2D eigenvalue weighted by Crippen LogP contribution is -2.17. The lowest BCUT2D eigenvalue weighted by molar-refractivity contribution is 0.0779. The molecular weight excluding hydrogens is 216 g/mol. The summed E-state index contributed by atoms with van der Waals surface area (Å²) in [6.45, 7) is 1.57. The number of carbonyl (C=O) groups is 1. The SMILES string of the molecule is O=Cc1ccc2cnc(C3CCCOC3)n2c1. The van der Waals surface area contributed by atoms with E-state index in [1.54, 1.807) is 0 Å². The third kappa shape index (κ3) is 1.85. The second-order valence-corrected chi connectivity index (χ2v) is 4.41. The number of hydrogen-bond donors (Lipinski definition) is 0. The molecule has 0 N–H and O–H groups in total. The minimum absolute atomic E-state index is 0.341. The van der Waals surface area contributed by atoms with Gasteiger partial charge in [0.05, 0.1) is 18.3 Å². The molecule has 0 bridgehead atoms. The van der Waals surface area contributed by atoms with Crippen LogP contribution in [0.2, 0.25) is 0 Å². The fourth-order valence-electron chi connectivity index (χ4n) is 2.34. The van der Waals surface area contributed by atoms with E-state index in [9.17, 15) is 4.79 Å². The Morgan fingerprint density at radius 2 is 2.41 bits per heavy atom. The van der Waals surface area contributed by atoms with Crippen molar-refractivity contribution in [1.82, 2.24) is 9.38 Å². The molecule has 4 heteroatoms. The van der Waals surface area contributed by atoms with Gasteiger partial charge in [0.15, 0.2) is 6.29 Å². The number of aromatic nitrogens is 2. The van der Waals surface area contributed by atoms with Gasteiger partial charge in [-0.15, -0.1) is 0 Å². The van der Waals surface area contributed by atoms with Crippen molar-refractivity contribution in [3.05, 3.63) is 35.9 Å². The Hall–Kier alpha value is -1.68. The van der Waals surface area contributed by atoms with Crippen LogP contribution in [0.4, 0.5) is 0 Å². The summed E-state index contributed by atoms with van der Waals surface area (Å²) in [6.07, 6.45) is 6.73. The highest BCUT2D eigenvalue weighted by atomic mass is 16.5. The number of rotatable bonds is 2. The van der Waals surface area contributed by atoms with Crippen molar-refractivity contribution in [2.45, 2.75) is 18.8 Å².